The Hall–Kier alpha value is -2.14. The van der Waals surface area contributed by atoms with E-state index in [4.69, 9.17) is 9.47 Å². The lowest BCUT2D eigenvalue weighted by Gasteiger charge is -2.11. The Labute approximate surface area is 129 Å². The van der Waals surface area contributed by atoms with Gasteiger partial charge in [-0.25, -0.2) is 4.98 Å². The second-order valence-electron chi connectivity index (χ2n) is 5.48. The van der Waals surface area contributed by atoms with Crippen LogP contribution >= 0.6 is 0 Å². The van der Waals surface area contributed by atoms with Gasteiger partial charge in [-0.15, -0.1) is 0 Å². The van der Waals surface area contributed by atoms with E-state index in [2.05, 4.69) is 10.3 Å². The Kier molecular flexibility index (Phi) is 4.53. The number of pyridine rings is 1. The first kappa shape index (κ1) is 14.8. The van der Waals surface area contributed by atoms with Crippen LogP contribution in [-0.2, 0) is 9.53 Å². The number of ether oxygens (including phenoxy) is 2. The van der Waals surface area contributed by atoms with Crippen molar-refractivity contribution < 1.29 is 14.3 Å². The van der Waals surface area contributed by atoms with E-state index in [1.807, 2.05) is 37.3 Å². The Balaban J connectivity index is 1.55. The summed E-state index contributed by atoms with van der Waals surface area (Å²) in [5, 5.41) is 3.94. The number of para-hydroxylation sites is 1. The number of hydrogen-bond acceptors (Lipinski definition) is 4. The molecule has 5 nitrogen and oxygen atoms in total. The molecule has 1 N–H and O–H groups in total. The SMILES string of the molecule is Cc1ccc2cccc(OCCNC(=O)[C@@H]3CCOC3)c2n1. The summed E-state index contributed by atoms with van der Waals surface area (Å²) < 4.78 is 11.0. The summed E-state index contributed by atoms with van der Waals surface area (Å²) in [5.74, 6) is 0.787. The number of hydrogen-bond donors (Lipinski definition) is 1. The van der Waals surface area contributed by atoms with Crippen LogP contribution in [0.3, 0.4) is 0 Å². The molecule has 0 spiro atoms. The molecule has 1 aliphatic rings. The van der Waals surface area contributed by atoms with Crippen LogP contribution in [-0.4, -0.2) is 37.3 Å². The highest BCUT2D eigenvalue weighted by Gasteiger charge is 2.22. The molecule has 1 atom stereocenters. The highest BCUT2D eigenvalue weighted by molar-refractivity contribution is 5.84. The lowest BCUT2D eigenvalue weighted by atomic mass is 10.1. The maximum atomic E-state index is 11.9. The number of amides is 1. The Bertz CT molecular complexity index is 666. The molecule has 1 saturated heterocycles. The van der Waals surface area contributed by atoms with Crippen molar-refractivity contribution in [2.24, 2.45) is 5.92 Å². The Morgan fingerprint density at radius 3 is 3.14 bits per heavy atom. The van der Waals surface area contributed by atoms with E-state index < -0.39 is 0 Å². The fraction of sp³-hybridized carbons (Fsp3) is 0.412. The number of aromatic nitrogens is 1. The Morgan fingerprint density at radius 2 is 2.32 bits per heavy atom. The third kappa shape index (κ3) is 3.36. The van der Waals surface area contributed by atoms with Crippen molar-refractivity contribution in [2.75, 3.05) is 26.4 Å². The highest BCUT2D eigenvalue weighted by Crippen LogP contribution is 2.23. The van der Waals surface area contributed by atoms with Gasteiger partial charge in [-0.05, 0) is 25.5 Å². The van der Waals surface area contributed by atoms with Crippen LogP contribution in [0.4, 0.5) is 0 Å². The first-order valence-electron chi connectivity index (χ1n) is 7.58. The molecule has 3 rings (SSSR count). The molecule has 1 aromatic heterocycles. The highest BCUT2D eigenvalue weighted by atomic mass is 16.5. The summed E-state index contributed by atoms with van der Waals surface area (Å²) in [7, 11) is 0. The zero-order valence-corrected chi connectivity index (χ0v) is 12.7. The van der Waals surface area contributed by atoms with Crippen molar-refractivity contribution in [3.63, 3.8) is 0 Å². The summed E-state index contributed by atoms with van der Waals surface area (Å²) in [6.45, 7) is 4.07. The first-order valence-corrected chi connectivity index (χ1v) is 7.58. The van der Waals surface area contributed by atoms with Gasteiger partial charge in [0, 0.05) is 17.7 Å². The predicted molar refractivity (Wildman–Crippen MR) is 83.9 cm³/mol. The summed E-state index contributed by atoms with van der Waals surface area (Å²) in [6, 6.07) is 9.88. The lowest BCUT2D eigenvalue weighted by molar-refractivity contribution is -0.125. The van der Waals surface area contributed by atoms with Gasteiger partial charge in [-0.3, -0.25) is 4.79 Å². The third-order valence-corrected chi connectivity index (χ3v) is 3.78. The van der Waals surface area contributed by atoms with E-state index in [9.17, 15) is 4.79 Å². The quantitative estimate of drug-likeness (QED) is 0.859. The van der Waals surface area contributed by atoms with Crippen molar-refractivity contribution in [2.45, 2.75) is 13.3 Å². The molecule has 0 saturated carbocycles. The van der Waals surface area contributed by atoms with Crippen LogP contribution < -0.4 is 10.1 Å². The molecule has 5 heteroatoms. The number of rotatable bonds is 5. The van der Waals surface area contributed by atoms with Crippen molar-refractivity contribution in [3.05, 3.63) is 36.0 Å². The Morgan fingerprint density at radius 1 is 1.41 bits per heavy atom. The molecule has 22 heavy (non-hydrogen) atoms. The minimum Gasteiger partial charge on any atom is -0.489 e. The topological polar surface area (TPSA) is 60.5 Å². The zero-order valence-electron chi connectivity index (χ0n) is 12.7. The molecule has 1 amide bonds. The summed E-state index contributed by atoms with van der Waals surface area (Å²) in [5.41, 5.74) is 1.82. The summed E-state index contributed by atoms with van der Waals surface area (Å²) in [4.78, 5) is 16.4. The van der Waals surface area contributed by atoms with Gasteiger partial charge in [0.1, 0.15) is 17.9 Å². The molecule has 0 bridgehead atoms. The van der Waals surface area contributed by atoms with E-state index in [1.54, 1.807) is 0 Å². The van der Waals surface area contributed by atoms with Crippen LogP contribution in [0.1, 0.15) is 12.1 Å². The van der Waals surface area contributed by atoms with Gasteiger partial charge in [-0.1, -0.05) is 18.2 Å². The van der Waals surface area contributed by atoms with Gasteiger partial charge in [0.2, 0.25) is 5.91 Å². The third-order valence-electron chi connectivity index (χ3n) is 3.78. The molecule has 116 valence electrons. The van der Waals surface area contributed by atoms with E-state index in [1.165, 1.54) is 0 Å². The van der Waals surface area contributed by atoms with E-state index in [0.29, 0.717) is 26.4 Å². The molecule has 1 fully saturated rings. The lowest BCUT2D eigenvalue weighted by Crippen LogP contribution is -2.33. The van der Waals surface area contributed by atoms with Gasteiger partial charge >= 0.3 is 0 Å². The molecule has 2 aromatic rings. The number of carbonyl (C=O) groups excluding carboxylic acids is 1. The van der Waals surface area contributed by atoms with Crippen molar-refractivity contribution in [1.29, 1.82) is 0 Å². The summed E-state index contributed by atoms with van der Waals surface area (Å²) in [6.07, 6.45) is 0.805. The maximum Gasteiger partial charge on any atom is 0.225 e. The first-order chi connectivity index (χ1) is 10.7. The van der Waals surface area contributed by atoms with Crippen molar-refractivity contribution in [1.82, 2.24) is 10.3 Å². The van der Waals surface area contributed by atoms with Crippen LogP contribution in [0.2, 0.25) is 0 Å². The monoisotopic (exact) mass is 300 g/mol. The molecule has 2 heterocycles. The van der Waals surface area contributed by atoms with E-state index in [-0.39, 0.29) is 11.8 Å². The largest absolute Gasteiger partial charge is 0.489 e. The minimum atomic E-state index is -0.0122. The predicted octanol–water partition coefficient (Wildman–Crippen LogP) is 2.07. The second-order valence-corrected chi connectivity index (χ2v) is 5.48. The van der Waals surface area contributed by atoms with Gasteiger partial charge in [0.15, 0.2) is 0 Å². The maximum absolute atomic E-state index is 11.9. The van der Waals surface area contributed by atoms with Crippen LogP contribution in [0.15, 0.2) is 30.3 Å². The summed E-state index contributed by atoms with van der Waals surface area (Å²) >= 11 is 0. The van der Waals surface area contributed by atoms with Crippen molar-refractivity contribution in [3.8, 4) is 5.75 Å². The van der Waals surface area contributed by atoms with Gasteiger partial charge in [-0.2, -0.15) is 0 Å². The number of fused-ring (bicyclic) bond motifs is 1. The average molecular weight is 300 g/mol. The van der Waals surface area contributed by atoms with Gasteiger partial charge < -0.3 is 14.8 Å². The van der Waals surface area contributed by atoms with E-state index >= 15 is 0 Å². The molecular weight excluding hydrogens is 280 g/mol. The second kappa shape index (κ2) is 6.75. The fourth-order valence-electron chi connectivity index (χ4n) is 2.55. The van der Waals surface area contributed by atoms with E-state index in [0.717, 1.165) is 28.8 Å². The van der Waals surface area contributed by atoms with Crippen molar-refractivity contribution >= 4 is 16.8 Å². The van der Waals surface area contributed by atoms with Crippen LogP contribution in [0.25, 0.3) is 10.9 Å². The van der Waals surface area contributed by atoms with Gasteiger partial charge in [0.05, 0.1) is 19.1 Å². The smallest absolute Gasteiger partial charge is 0.225 e. The number of aryl methyl sites for hydroxylation is 1. The fourth-order valence-corrected chi connectivity index (χ4v) is 2.55. The van der Waals surface area contributed by atoms with Crippen LogP contribution in [0, 0.1) is 12.8 Å². The zero-order chi connectivity index (χ0) is 15.4. The molecule has 0 radical (unpaired) electrons. The minimum absolute atomic E-state index is 0.0122. The normalized spacial score (nSPS) is 17.6. The molecule has 0 aliphatic carbocycles. The molecule has 1 aromatic carbocycles. The molecule has 1 aliphatic heterocycles. The standard InChI is InChI=1S/C17H20N2O3/c1-12-5-6-13-3-2-4-15(16(13)19-12)22-10-8-18-17(20)14-7-9-21-11-14/h2-6,14H,7-11H2,1H3,(H,18,20)/t14-/m1/s1. The molecule has 0 unspecified atom stereocenters. The van der Waals surface area contributed by atoms with Crippen LogP contribution in [0.5, 0.6) is 5.75 Å². The number of nitrogens with zero attached hydrogens (tertiary/aromatic N) is 1. The number of benzene rings is 1. The number of nitrogens with one attached hydrogen (secondary N) is 1. The average Bonchev–Trinajstić information content (AvgIpc) is 3.06. The molecular formula is C17H20N2O3. The number of carbonyl (C=O) groups is 1. The van der Waals surface area contributed by atoms with Gasteiger partial charge in [0.25, 0.3) is 0 Å².